The Balaban J connectivity index is 1.32. The van der Waals surface area contributed by atoms with Crippen LogP contribution < -0.4 is 10.6 Å². The van der Waals surface area contributed by atoms with Crippen molar-refractivity contribution in [1.82, 2.24) is 25.1 Å². The van der Waals surface area contributed by atoms with Gasteiger partial charge in [0.1, 0.15) is 23.4 Å². The molecular formula is C25H20F2N8S. The molecule has 4 heterocycles. The number of nitrogens with one attached hydrogen (secondary N) is 1. The van der Waals surface area contributed by atoms with E-state index in [-0.39, 0.29) is 5.69 Å². The van der Waals surface area contributed by atoms with Crippen molar-refractivity contribution in [3.63, 3.8) is 0 Å². The number of hydrogen-bond acceptors (Lipinski definition) is 8. The van der Waals surface area contributed by atoms with Gasteiger partial charge in [-0.25, -0.2) is 18.7 Å². The Morgan fingerprint density at radius 2 is 1.92 bits per heavy atom. The molecule has 1 aliphatic rings. The van der Waals surface area contributed by atoms with Crippen LogP contribution in [-0.4, -0.2) is 38.2 Å². The molecule has 0 radical (unpaired) electrons. The number of nitriles is 1. The number of aromatic amines is 1. The summed E-state index contributed by atoms with van der Waals surface area (Å²) >= 11 is 1.60. The number of fused-ring (bicyclic) bond motifs is 2. The molecule has 0 amide bonds. The Hall–Kier alpha value is -4.01. The van der Waals surface area contributed by atoms with Gasteiger partial charge >= 0.3 is 0 Å². The van der Waals surface area contributed by atoms with E-state index in [1.165, 1.54) is 12.1 Å². The van der Waals surface area contributed by atoms with E-state index < -0.39 is 17.2 Å². The molecule has 0 unspecified atom stereocenters. The summed E-state index contributed by atoms with van der Waals surface area (Å²) in [6.45, 7) is 2.86. The number of aryl methyl sites for hydroxylation is 1. The number of anilines is 1. The third-order valence-corrected chi connectivity index (χ3v) is 7.62. The van der Waals surface area contributed by atoms with Crippen molar-refractivity contribution in [2.75, 3.05) is 18.0 Å². The van der Waals surface area contributed by atoms with Gasteiger partial charge in [0.05, 0.1) is 20.6 Å². The van der Waals surface area contributed by atoms with E-state index in [4.69, 9.17) is 5.73 Å². The van der Waals surface area contributed by atoms with E-state index in [2.05, 4.69) is 31.2 Å². The minimum atomic E-state index is -0.925. The summed E-state index contributed by atoms with van der Waals surface area (Å²) in [6.07, 6.45) is 0.836. The number of thiazole rings is 1. The molecule has 2 aromatic carbocycles. The lowest BCUT2D eigenvalue weighted by atomic mass is 9.81. The molecule has 6 rings (SSSR count). The fourth-order valence-electron chi connectivity index (χ4n) is 4.81. The van der Waals surface area contributed by atoms with Crippen molar-refractivity contribution >= 4 is 38.5 Å². The number of halogens is 2. The average Bonchev–Trinajstić information content (AvgIpc) is 3.45. The van der Waals surface area contributed by atoms with Gasteiger partial charge < -0.3 is 10.6 Å². The summed E-state index contributed by atoms with van der Waals surface area (Å²) in [6, 6.07) is 11.5. The van der Waals surface area contributed by atoms with E-state index in [0.717, 1.165) is 26.9 Å². The number of nitrogens with two attached hydrogens (primary N) is 1. The Labute approximate surface area is 208 Å². The summed E-state index contributed by atoms with van der Waals surface area (Å²) in [4.78, 5) is 15.6. The fraction of sp³-hybridized carbons (Fsp3) is 0.240. The van der Waals surface area contributed by atoms with Crippen LogP contribution in [0.2, 0.25) is 0 Å². The van der Waals surface area contributed by atoms with Gasteiger partial charge in [-0.1, -0.05) is 12.1 Å². The molecule has 8 nitrogen and oxygen atoms in total. The maximum absolute atomic E-state index is 14.4. The van der Waals surface area contributed by atoms with Gasteiger partial charge in [0, 0.05) is 35.8 Å². The first-order chi connectivity index (χ1) is 17.3. The monoisotopic (exact) mass is 502 g/mol. The first-order valence-corrected chi connectivity index (χ1v) is 12.2. The van der Waals surface area contributed by atoms with E-state index in [9.17, 15) is 14.0 Å². The summed E-state index contributed by atoms with van der Waals surface area (Å²) in [5.41, 5.74) is 8.94. The minimum absolute atomic E-state index is 0.216. The molecule has 36 heavy (non-hydrogen) atoms. The largest absolute Gasteiger partial charge is 0.341 e. The fourth-order valence-corrected chi connectivity index (χ4v) is 5.67. The van der Waals surface area contributed by atoms with Gasteiger partial charge in [0.2, 0.25) is 5.95 Å². The maximum Gasteiger partial charge on any atom is 0.228 e. The maximum atomic E-state index is 14.4. The van der Waals surface area contributed by atoms with Crippen molar-refractivity contribution in [3.05, 3.63) is 64.3 Å². The zero-order valence-electron chi connectivity index (χ0n) is 19.2. The number of benzene rings is 2. The lowest BCUT2D eigenvalue weighted by Gasteiger charge is -2.39. The van der Waals surface area contributed by atoms with Crippen molar-refractivity contribution in [1.29, 1.82) is 5.26 Å². The van der Waals surface area contributed by atoms with E-state index in [1.807, 2.05) is 30.0 Å². The van der Waals surface area contributed by atoms with Crippen LogP contribution in [0.15, 0.2) is 36.4 Å². The van der Waals surface area contributed by atoms with Crippen LogP contribution in [0.4, 0.5) is 14.7 Å². The van der Waals surface area contributed by atoms with Gasteiger partial charge in [-0.15, -0.1) is 11.3 Å². The number of rotatable bonds is 3. The zero-order chi connectivity index (χ0) is 25.0. The molecule has 11 heteroatoms. The highest BCUT2D eigenvalue weighted by Crippen LogP contribution is 2.35. The molecule has 0 bridgehead atoms. The van der Waals surface area contributed by atoms with Gasteiger partial charge in [0.15, 0.2) is 11.3 Å². The number of nitrogens with zero attached hydrogens (tertiary/aromatic N) is 6. The van der Waals surface area contributed by atoms with Gasteiger partial charge in [-0.3, -0.25) is 5.10 Å². The van der Waals surface area contributed by atoms with Gasteiger partial charge in [0.25, 0.3) is 0 Å². The molecule has 0 saturated carbocycles. The molecule has 1 saturated heterocycles. The van der Waals surface area contributed by atoms with Crippen molar-refractivity contribution < 1.29 is 8.78 Å². The second-order valence-corrected chi connectivity index (χ2v) is 10.2. The van der Waals surface area contributed by atoms with Crippen molar-refractivity contribution in [3.8, 4) is 17.3 Å². The second kappa shape index (κ2) is 8.29. The number of H-pyrrole nitrogens is 1. The number of hydrogen-bond donors (Lipinski definition) is 2. The van der Waals surface area contributed by atoms with Crippen LogP contribution in [0.3, 0.4) is 0 Å². The highest BCUT2D eigenvalue weighted by Gasteiger charge is 2.35. The molecule has 0 atom stereocenters. The molecular weight excluding hydrogens is 482 g/mol. The summed E-state index contributed by atoms with van der Waals surface area (Å²) in [5, 5.41) is 18.8. The van der Waals surface area contributed by atoms with Gasteiger partial charge in [-0.05, 0) is 38.0 Å². The quantitative estimate of drug-likeness (QED) is 0.372. The van der Waals surface area contributed by atoms with Crippen LogP contribution in [0, 0.1) is 29.9 Å². The minimum Gasteiger partial charge on any atom is -0.341 e. The Morgan fingerprint density at radius 3 is 2.67 bits per heavy atom. The molecule has 3 N–H and O–H groups in total. The predicted molar refractivity (Wildman–Crippen MR) is 133 cm³/mol. The van der Waals surface area contributed by atoms with Crippen LogP contribution in [0.5, 0.6) is 0 Å². The van der Waals surface area contributed by atoms with Crippen LogP contribution >= 0.6 is 11.3 Å². The highest BCUT2D eigenvalue weighted by atomic mass is 32.1. The zero-order valence-corrected chi connectivity index (χ0v) is 20.0. The normalized spacial score (nSPS) is 15.5. The Bertz CT molecular complexity index is 1680. The highest BCUT2D eigenvalue weighted by molar-refractivity contribution is 7.18. The Kier molecular flexibility index (Phi) is 5.17. The predicted octanol–water partition coefficient (Wildman–Crippen LogP) is 4.54. The van der Waals surface area contributed by atoms with Crippen LogP contribution in [-0.2, 0) is 5.54 Å². The molecule has 3 aromatic heterocycles. The lowest BCUT2D eigenvalue weighted by molar-refractivity contribution is 0.327. The Morgan fingerprint density at radius 1 is 1.11 bits per heavy atom. The molecule has 5 aromatic rings. The molecule has 0 spiro atoms. The van der Waals surface area contributed by atoms with Crippen molar-refractivity contribution in [2.45, 2.75) is 25.3 Å². The molecule has 1 fully saturated rings. The summed E-state index contributed by atoms with van der Waals surface area (Å²) in [5.74, 6) is -0.902. The van der Waals surface area contributed by atoms with Crippen LogP contribution in [0.25, 0.3) is 32.5 Å². The standard InChI is InChI=1S/C25H20F2N8S/c1-13-30-18-5-2-14(10-20(18)36-13)22-21-19(12-28)31-24(32-23(21)34-33-22)35-8-6-25(29,7-9-35)16-4-3-15(26)11-17(16)27/h2-5,10-11H,6-9,29H2,1H3,(H,31,32,33,34). The topological polar surface area (TPSA) is 120 Å². The van der Waals surface area contributed by atoms with E-state index in [1.54, 1.807) is 11.3 Å². The smallest absolute Gasteiger partial charge is 0.228 e. The van der Waals surface area contributed by atoms with Crippen LogP contribution in [0.1, 0.15) is 29.1 Å². The summed E-state index contributed by atoms with van der Waals surface area (Å²) in [7, 11) is 0. The number of aromatic nitrogens is 5. The SMILES string of the molecule is Cc1nc2ccc(-c3n[nH]c4nc(N5CCC(N)(c6ccc(F)cc6F)CC5)nc(C#N)c34)cc2s1. The molecule has 0 aliphatic carbocycles. The first-order valence-electron chi connectivity index (χ1n) is 11.4. The summed E-state index contributed by atoms with van der Waals surface area (Å²) < 4.78 is 28.8. The molecule has 180 valence electrons. The van der Waals surface area contributed by atoms with E-state index in [0.29, 0.717) is 54.2 Å². The van der Waals surface area contributed by atoms with E-state index >= 15 is 0 Å². The van der Waals surface area contributed by atoms with Gasteiger partial charge in [-0.2, -0.15) is 15.3 Å². The average molecular weight is 503 g/mol. The lowest BCUT2D eigenvalue weighted by Crippen LogP contribution is -2.49. The number of piperidine rings is 1. The molecule has 1 aliphatic heterocycles. The first kappa shape index (κ1) is 22.5. The third kappa shape index (κ3) is 3.66. The second-order valence-electron chi connectivity index (χ2n) is 8.96. The van der Waals surface area contributed by atoms with Crippen molar-refractivity contribution in [2.24, 2.45) is 5.73 Å². The third-order valence-electron chi connectivity index (χ3n) is 6.69.